The van der Waals surface area contributed by atoms with Crippen LogP contribution < -0.4 is 5.32 Å². The van der Waals surface area contributed by atoms with E-state index in [0.29, 0.717) is 18.4 Å². The zero-order valence-corrected chi connectivity index (χ0v) is 11.5. The van der Waals surface area contributed by atoms with Crippen molar-refractivity contribution in [2.75, 3.05) is 0 Å². The number of nitrogens with one attached hydrogen (secondary N) is 2. The average Bonchev–Trinajstić information content (AvgIpc) is 2.74. The van der Waals surface area contributed by atoms with Gasteiger partial charge in [0.05, 0.1) is 6.04 Å². The number of carbonyl (C=O) groups excluding carboxylic acids is 1. The summed E-state index contributed by atoms with van der Waals surface area (Å²) in [6, 6.07) is 2.63. The number of amides is 2. The van der Waals surface area contributed by atoms with Gasteiger partial charge in [0, 0.05) is 18.5 Å². The largest absolute Gasteiger partial charge is 0.335 e. The van der Waals surface area contributed by atoms with Crippen molar-refractivity contribution in [2.45, 2.75) is 44.2 Å². The van der Waals surface area contributed by atoms with Crippen LogP contribution >= 0.6 is 0 Å². The molecule has 4 nitrogen and oxygen atoms in total. The Labute approximate surface area is 121 Å². The highest BCUT2D eigenvalue weighted by atomic mass is 19.1. The molecule has 0 spiro atoms. The highest BCUT2D eigenvalue weighted by Gasteiger charge is 2.36. The second-order valence-corrected chi connectivity index (χ2v) is 5.65. The van der Waals surface area contributed by atoms with E-state index in [2.05, 4.69) is 5.32 Å². The van der Waals surface area contributed by atoms with Gasteiger partial charge in [-0.1, -0.05) is 0 Å². The monoisotopic (exact) mass is 293 g/mol. The van der Waals surface area contributed by atoms with Crippen molar-refractivity contribution in [3.8, 4) is 0 Å². The molecule has 0 bridgehead atoms. The summed E-state index contributed by atoms with van der Waals surface area (Å²) in [6.45, 7) is 0. The Balaban J connectivity index is 1.82. The Kier molecular flexibility index (Phi) is 3.61. The molecule has 1 saturated carbocycles. The Morgan fingerprint density at radius 2 is 1.86 bits per heavy atom. The van der Waals surface area contributed by atoms with Crippen LogP contribution in [0.1, 0.15) is 43.7 Å². The van der Waals surface area contributed by atoms with Crippen LogP contribution in [-0.2, 0) is 0 Å². The van der Waals surface area contributed by atoms with Crippen molar-refractivity contribution in [1.82, 2.24) is 10.2 Å². The van der Waals surface area contributed by atoms with Crippen molar-refractivity contribution >= 4 is 11.9 Å². The maximum absolute atomic E-state index is 13.4. The first-order chi connectivity index (χ1) is 10.0. The third-order valence-corrected chi connectivity index (χ3v) is 4.18. The summed E-state index contributed by atoms with van der Waals surface area (Å²) >= 11 is 0. The van der Waals surface area contributed by atoms with Gasteiger partial charge < -0.3 is 5.32 Å². The van der Waals surface area contributed by atoms with Crippen LogP contribution in [-0.4, -0.2) is 22.8 Å². The van der Waals surface area contributed by atoms with E-state index in [-0.39, 0.29) is 17.9 Å². The van der Waals surface area contributed by atoms with Gasteiger partial charge >= 0.3 is 6.03 Å². The molecule has 1 unspecified atom stereocenters. The van der Waals surface area contributed by atoms with Gasteiger partial charge in [-0.05, 0) is 43.4 Å². The molecule has 1 aliphatic carbocycles. The van der Waals surface area contributed by atoms with Gasteiger partial charge in [-0.2, -0.15) is 0 Å². The van der Waals surface area contributed by atoms with Gasteiger partial charge in [0.2, 0.25) is 0 Å². The lowest BCUT2D eigenvalue weighted by molar-refractivity contribution is 0.200. The fourth-order valence-electron chi connectivity index (χ4n) is 2.86. The maximum Gasteiger partial charge on any atom is 0.323 e. The summed E-state index contributed by atoms with van der Waals surface area (Å²) in [5.41, 5.74) is 0.401. The van der Waals surface area contributed by atoms with E-state index in [1.54, 1.807) is 0 Å². The molecule has 112 valence electrons. The average molecular weight is 293 g/mol. The van der Waals surface area contributed by atoms with Crippen molar-refractivity contribution in [2.24, 2.45) is 0 Å². The Morgan fingerprint density at radius 3 is 2.43 bits per heavy atom. The maximum atomic E-state index is 13.4. The lowest BCUT2D eigenvalue weighted by Gasteiger charge is -2.31. The third-order valence-electron chi connectivity index (χ3n) is 4.18. The fourth-order valence-corrected chi connectivity index (χ4v) is 2.86. The van der Waals surface area contributed by atoms with Gasteiger partial charge in [-0.25, -0.2) is 13.6 Å². The zero-order valence-electron chi connectivity index (χ0n) is 11.5. The molecule has 1 saturated heterocycles. The molecule has 2 fully saturated rings. The molecule has 3 rings (SSSR count). The second-order valence-electron chi connectivity index (χ2n) is 5.65. The molecule has 1 atom stereocenters. The Bertz CT molecular complexity index is 566. The van der Waals surface area contributed by atoms with E-state index < -0.39 is 17.7 Å². The Morgan fingerprint density at radius 1 is 1.19 bits per heavy atom. The summed E-state index contributed by atoms with van der Waals surface area (Å²) in [6.07, 6.45) is 3.94. The van der Waals surface area contributed by atoms with Crippen LogP contribution in [0, 0.1) is 17.0 Å². The van der Waals surface area contributed by atoms with Crippen molar-refractivity contribution in [3.05, 3.63) is 35.4 Å². The van der Waals surface area contributed by atoms with E-state index in [4.69, 9.17) is 5.41 Å². The highest BCUT2D eigenvalue weighted by molar-refractivity contribution is 5.98. The molecule has 1 heterocycles. The molecule has 1 aliphatic heterocycles. The molecule has 21 heavy (non-hydrogen) atoms. The summed E-state index contributed by atoms with van der Waals surface area (Å²) in [7, 11) is 0. The van der Waals surface area contributed by atoms with Crippen LogP contribution in [0.2, 0.25) is 0 Å². The number of amidine groups is 1. The summed E-state index contributed by atoms with van der Waals surface area (Å²) in [4.78, 5) is 13.6. The molecular weight excluding hydrogens is 276 g/mol. The molecule has 1 aromatic rings. The van der Waals surface area contributed by atoms with E-state index in [1.807, 2.05) is 0 Å². The quantitative estimate of drug-likeness (QED) is 0.863. The van der Waals surface area contributed by atoms with Crippen LogP contribution in [0.25, 0.3) is 0 Å². The molecule has 6 heteroatoms. The molecule has 2 N–H and O–H groups in total. The minimum absolute atomic E-state index is 0.163. The summed E-state index contributed by atoms with van der Waals surface area (Å²) in [5.74, 6) is -1.13. The minimum Gasteiger partial charge on any atom is -0.335 e. The van der Waals surface area contributed by atoms with Crippen LogP contribution in [0.3, 0.4) is 0 Å². The highest BCUT2D eigenvalue weighted by Crippen LogP contribution is 2.34. The van der Waals surface area contributed by atoms with Gasteiger partial charge in [-0.3, -0.25) is 10.3 Å². The van der Waals surface area contributed by atoms with Gasteiger partial charge in [0.1, 0.15) is 17.5 Å². The minimum atomic E-state index is -0.664. The third kappa shape index (κ3) is 2.75. The van der Waals surface area contributed by atoms with Crippen LogP contribution in [0.15, 0.2) is 18.2 Å². The molecule has 0 radical (unpaired) electrons. The van der Waals surface area contributed by atoms with Gasteiger partial charge in [0.25, 0.3) is 0 Å². The molecule has 2 amide bonds. The number of hydrogen-bond acceptors (Lipinski definition) is 2. The van der Waals surface area contributed by atoms with E-state index in [9.17, 15) is 13.6 Å². The summed E-state index contributed by atoms with van der Waals surface area (Å²) < 4.78 is 26.7. The lowest BCUT2D eigenvalue weighted by Crippen LogP contribution is -2.48. The second kappa shape index (κ2) is 5.42. The SMILES string of the molecule is N=C1CCC(c2cc(F)cc(F)c2)N1C(=O)NC1CCC1. The predicted octanol–water partition coefficient (Wildman–Crippen LogP) is 3.34. The number of hydrogen-bond donors (Lipinski definition) is 2. The number of urea groups is 1. The number of nitrogens with zero attached hydrogens (tertiary/aromatic N) is 1. The number of carbonyl (C=O) groups is 1. The van der Waals surface area contributed by atoms with Crippen LogP contribution in [0.4, 0.5) is 13.6 Å². The van der Waals surface area contributed by atoms with Crippen LogP contribution in [0.5, 0.6) is 0 Å². The van der Waals surface area contributed by atoms with E-state index in [0.717, 1.165) is 25.3 Å². The normalized spacial score (nSPS) is 22.3. The number of halogens is 2. The van der Waals surface area contributed by atoms with Crippen molar-refractivity contribution in [3.63, 3.8) is 0 Å². The molecule has 1 aromatic carbocycles. The van der Waals surface area contributed by atoms with Gasteiger partial charge in [0.15, 0.2) is 0 Å². The standard InChI is InChI=1S/C15H17F2N3O/c16-10-6-9(7-11(17)8-10)13-4-5-14(18)20(13)15(21)19-12-2-1-3-12/h6-8,12-13,18H,1-5H2,(H,19,21). The molecular formula is C15H17F2N3O. The van der Waals surface area contributed by atoms with Crippen molar-refractivity contribution in [1.29, 1.82) is 5.41 Å². The zero-order chi connectivity index (χ0) is 15.0. The first kappa shape index (κ1) is 14.0. The fraction of sp³-hybridized carbons (Fsp3) is 0.467. The van der Waals surface area contributed by atoms with Crippen molar-refractivity contribution < 1.29 is 13.6 Å². The molecule has 0 aromatic heterocycles. The number of rotatable bonds is 2. The predicted molar refractivity (Wildman–Crippen MR) is 74.1 cm³/mol. The summed E-state index contributed by atoms with van der Waals surface area (Å²) in [5, 5.41) is 10.8. The lowest BCUT2D eigenvalue weighted by atomic mass is 9.93. The number of likely N-dealkylation sites (tertiary alicyclic amines) is 1. The smallest absolute Gasteiger partial charge is 0.323 e. The van der Waals surface area contributed by atoms with Gasteiger partial charge in [-0.15, -0.1) is 0 Å². The first-order valence-corrected chi connectivity index (χ1v) is 7.18. The molecule has 2 aliphatic rings. The van der Waals surface area contributed by atoms with E-state index >= 15 is 0 Å². The van der Waals surface area contributed by atoms with E-state index in [1.165, 1.54) is 17.0 Å². The first-order valence-electron chi connectivity index (χ1n) is 7.18. The Hall–Kier alpha value is -1.98. The number of benzene rings is 1. The topological polar surface area (TPSA) is 56.2 Å².